The number of piperazine rings is 1. The zero-order valence-corrected chi connectivity index (χ0v) is 22.6. The molecule has 3 heterocycles. The van der Waals surface area contributed by atoms with Gasteiger partial charge in [-0.15, -0.1) is 16.1 Å². The van der Waals surface area contributed by atoms with Gasteiger partial charge in [0, 0.05) is 37.6 Å². The van der Waals surface area contributed by atoms with Crippen LogP contribution in [0, 0.1) is 11.8 Å². The Morgan fingerprint density at radius 1 is 1.13 bits per heavy atom. The van der Waals surface area contributed by atoms with Gasteiger partial charge in [-0.1, -0.05) is 5.92 Å². The second-order valence-corrected chi connectivity index (χ2v) is 11.6. The van der Waals surface area contributed by atoms with Crippen molar-refractivity contribution >= 4 is 27.9 Å². The van der Waals surface area contributed by atoms with E-state index in [1.165, 1.54) is 12.1 Å². The first-order valence-corrected chi connectivity index (χ1v) is 13.0. The van der Waals surface area contributed by atoms with Crippen molar-refractivity contribution in [1.29, 1.82) is 0 Å². The highest BCUT2D eigenvalue weighted by atomic mass is 32.2. The van der Waals surface area contributed by atoms with E-state index >= 15 is 0 Å². The number of amides is 1. The van der Waals surface area contributed by atoms with Gasteiger partial charge in [-0.25, -0.2) is 23.2 Å². The third-order valence-corrected chi connectivity index (χ3v) is 7.29. The number of hydrogen-bond donors (Lipinski definition) is 2. The van der Waals surface area contributed by atoms with Gasteiger partial charge in [0.1, 0.15) is 11.6 Å². The summed E-state index contributed by atoms with van der Waals surface area (Å²) in [4.78, 5) is 21.4. The molecule has 0 unspecified atom stereocenters. The molecular weight excluding hydrogens is 543 g/mol. The van der Waals surface area contributed by atoms with Crippen LogP contribution in [-0.4, -0.2) is 81.5 Å². The molecule has 2 atom stereocenters. The summed E-state index contributed by atoms with van der Waals surface area (Å²) >= 11 is 0. The Bertz CT molecular complexity index is 1350. The number of carbonyl (C=O) groups is 1. The van der Waals surface area contributed by atoms with Crippen molar-refractivity contribution in [3.8, 4) is 11.8 Å². The second-order valence-electron chi connectivity index (χ2n) is 9.69. The van der Waals surface area contributed by atoms with Gasteiger partial charge in [0.2, 0.25) is 5.95 Å². The number of nitrogens with zero attached hydrogens (tertiary/aromatic N) is 6. The molecule has 0 spiro atoms. The number of ether oxygens (including phenoxy) is 1. The van der Waals surface area contributed by atoms with Gasteiger partial charge in [-0.05, 0) is 46.8 Å². The Labute approximate surface area is 223 Å². The third-order valence-electron chi connectivity index (χ3n) is 5.54. The van der Waals surface area contributed by atoms with Crippen LogP contribution in [0.2, 0.25) is 0 Å². The molecule has 1 amide bonds. The number of halogens is 3. The molecule has 1 aliphatic heterocycles. The van der Waals surface area contributed by atoms with Gasteiger partial charge in [-0.3, -0.25) is 5.32 Å². The van der Waals surface area contributed by atoms with Gasteiger partial charge >= 0.3 is 12.3 Å². The van der Waals surface area contributed by atoms with Crippen molar-refractivity contribution < 1.29 is 36.2 Å². The Morgan fingerprint density at radius 3 is 2.28 bits per heavy atom. The molecule has 212 valence electrons. The maximum Gasteiger partial charge on any atom is 0.421 e. The molecule has 12 nitrogen and oxygen atoms in total. The number of nitrogens with one attached hydrogen (secondary N) is 1. The molecule has 16 heteroatoms. The largest absolute Gasteiger partial charge is 0.444 e. The normalized spacial score (nSPS) is 18.5. The van der Waals surface area contributed by atoms with E-state index in [1.807, 2.05) is 0 Å². The fourth-order valence-corrected chi connectivity index (χ4v) is 4.76. The summed E-state index contributed by atoms with van der Waals surface area (Å²) < 4.78 is 72.1. The van der Waals surface area contributed by atoms with Crippen molar-refractivity contribution in [2.24, 2.45) is 0 Å². The highest BCUT2D eigenvalue weighted by molar-refractivity contribution is 7.89. The summed E-state index contributed by atoms with van der Waals surface area (Å²) in [6.07, 6.45) is -3.96. The summed E-state index contributed by atoms with van der Waals surface area (Å²) in [7, 11) is -4.11. The van der Waals surface area contributed by atoms with Gasteiger partial charge in [0.15, 0.2) is 16.4 Å². The highest BCUT2D eigenvalue weighted by Gasteiger charge is 2.51. The second kappa shape index (κ2) is 10.9. The maximum absolute atomic E-state index is 13.2. The molecule has 0 saturated carbocycles. The van der Waals surface area contributed by atoms with Gasteiger partial charge in [-0.2, -0.15) is 17.5 Å². The fraction of sp³-hybridized carbons (Fsp3) is 0.522. The number of aliphatic hydroxyl groups is 1. The van der Waals surface area contributed by atoms with Crippen LogP contribution in [0.3, 0.4) is 0 Å². The lowest BCUT2D eigenvalue weighted by Crippen LogP contribution is -2.55. The average Bonchev–Trinajstić information content (AvgIpc) is 2.83. The summed E-state index contributed by atoms with van der Waals surface area (Å²) in [6, 6.07) is 1.74. The summed E-state index contributed by atoms with van der Waals surface area (Å²) in [5.74, 6) is 5.60. The number of sulfonamides is 1. The molecule has 0 aliphatic carbocycles. The van der Waals surface area contributed by atoms with Crippen LogP contribution in [0.25, 0.3) is 0 Å². The molecule has 0 radical (unpaired) electrons. The van der Waals surface area contributed by atoms with Crippen molar-refractivity contribution in [1.82, 2.24) is 24.5 Å². The highest BCUT2D eigenvalue weighted by Crippen LogP contribution is 2.38. The molecular formula is C23H28F3N7O5S. The van der Waals surface area contributed by atoms with Crippen LogP contribution in [0.5, 0.6) is 0 Å². The molecule has 39 heavy (non-hydrogen) atoms. The van der Waals surface area contributed by atoms with E-state index in [9.17, 15) is 31.5 Å². The van der Waals surface area contributed by atoms with Crippen LogP contribution in [0.4, 0.5) is 29.7 Å². The zero-order chi connectivity index (χ0) is 29.2. The van der Waals surface area contributed by atoms with Crippen molar-refractivity contribution in [3.63, 3.8) is 0 Å². The van der Waals surface area contributed by atoms with Crippen molar-refractivity contribution in [2.45, 2.75) is 63.1 Å². The smallest absolute Gasteiger partial charge is 0.421 e. The quantitative estimate of drug-likeness (QED) is 0.512. The maximum atomic E-state index is 13.2. The van der Waals surface area contributed by atoms with E-state index in [2.05, 4.69) is 37.3 Å². The number of anilines is 2. The molecule has 0 aromatic carbocycles. The average molecular weight is 572 g/mol. The van der Waals surface area contributed by atoms with Crippen molar-refractivity contribution in [2.75, 3.05) is 29.9 Å². The van der Waals surface area contributed by atoms with Gasteiger partial charge < -0.3 is 14.7 Å². The Kier molecular flexibility index (Phi) is 8.39. The molecule has 0 bridgehead atoms. The fourth-order valence-electron chi connectivity index (χ4n) is 3.46. The molecule has 1 saturated heterocycles. The minimum Gasteiger partial charge on any atom is -0.444 e. The first kappa shape index (κ1) is 30.0. The van der Waals surface area contributed by atoms with E-state index in [0.29, 0.717) is 6.92 Å². The minimum absolute atomic E-state index is 0.00663. The van der Waals surface area contributed by atoms with Crippen LogP contribution in [0.15, 0.2) is 29.6 Å². The summed E-state index contributed by atoms with van der Waals surface area (Å²) in [6.45, 7) is 7.13. The molecule has 2 aromatic heterocycles. The van der Waals surface area contributed by atoms with E-state index in [1.54, 1.807) is 32.6 Å². The lowest BCUT2D eigenvalue weighted by atomic mass is 9.99. The summed E-state index contributed by atoms with van der Waals surface area (Å²) in [5.41, 5.74) is -4.42. The number of alkyl halides is 3. The zero-order valence-electron chi connectivity index (χ0n) is 21.8. The van der Waals surface area contributed by atoms with Crippen molar-refractivity contribution in [3.05, 3.63) is 30.1 Å². The van der Waals surface area contributed by atoms with Crippen LogP contribution < -0.4 is 10.2 Å². The van der Waals surface area contributed by atoms with Crippen LogP contribution >= 0.6 is 0 Å². The van der Waals surface area contributed by atoms with Gasteiger partial charge in [0.05, 0.1) is 0 Å². The van der Waals surface area contributed by atoms with E-state index < -0.39 is 45.1 Å². The first-order valence-electron chi connectivity index (χ1n) is 11.6. The topological polar surface area (TPSA) is 151 Å². The van der Waals surface area contributed by atoms with E-state index in [4.69, 9.17) is 4.74 Å². The predicted octanol–water partition coefficient (Wildman–Crippen LogP) is 2.29. The number of rotatable bonds is 5. The standard InChI is InChI=1S/C23H28F3N7O5S/c1-6-7-16-14-32(10-11-33(16)19-27-12-15(13-28-19)22(5,35)23(24,25)26)39(36,37)18-9-8-17(30-31-18)29-20(34)38-21(2,3)4/h8-9,12-13,16,35H,10-11,14H2,1-5H3,(H,29,30,34)/t16-,22+/m0/s1. The van der Waals surface area contributed by atoms with E-state index in [0.717, 1.165) is 16.7 Å². The predicted molar refractivity (Wildman–Crippen MR) is 133 cm³/mol. The molecule has 1 aliphatic rings. The van der Waals surface area contributed by atoms with Crippen LogP contribution in [-0.2, 0) is 20.4 Å². The molecule has 2 N–H and O–H groups in total. The minimum atomic E-state index is -4.93. The lowest BCUT2D eigenvalue weighted by Gasteiger charge is -2.38. The molecule has 3 rings (SSSR count). The monoisotopic (exact) mass is 571 g/mol. The van der Waals surface area contributed by atoms with E-state index in [-0.39, 0.29) is 36.4 Å². The Balaban J connectivity index is 1.76. The third kappa shape index (κ3) is 6.91. The molecule has 2 aromatic rings. The van der Waals surface area contributed by atoms with Gasteiger partial charge in [0.25, 0.3) is 10.0 Å². The number of aromatic nitrogens is 4. The first-order chi connectivity index (χ1) is 18.0. The molecule has 1 fully saturated rings. The summed E-state index contributed by atoms with van der Waals surface area (Å²) in [5, 5.41) is 19.3. The number of carbonyl (C=O) groups excluding carboxylic acids is 1. The number of hydrogen-bond acceptors (Lipinski definition) is 10. The Hall–Kier alpha value is -3.55. The SMILES string of the molecule is CC#C[C@H]1CN(S(=O)(=O)c2ccc(NC(=O)OC(C)(C)C)nn2)CCN1c1ncc([C@@](C)(O)C(F)(F)F)cn1. The lowest BCUT2D eigenvalue weighted by molar-refractivity contribution is -0.259. The Morgan fingerprint density at radius 2 is 1.77 bits per heavy atom. The van der Waals surface area contributed by atoms with Crippen LogP contribution in [0.1, 0.15) is 40.2 Å².